The number of carbonyl (C=O) groups excluding carboxylic acids is 1. The fourth-order valence-electron chi connectivity index (χ4n) is 2.83. The Morgan fingerprint density at radius 2 is 2.04 bits per heavy atom. The quantitative estimate of drug-likeness (QED) is 0.618. The van der Waals surface area contributed by atoms with Crippen LogP contribution in [0, 0.1) is 6.92 Å². The molecule has 26 heavy (non-hydrogen) atoms. The van der Waals surface area contributed by atoms with Crippen LogP contribution in [0.15, 0.2) is 67.4 Å². The lowest BCUT2D eigenvalue weighted by Crippen LogP contribution is -2.24. The van der Waals surface area contributed by atoms with E-state index >= 15 is 0 Å². The zero-order valence-corrected chi connectivity index (χ0v) is 14.3. The molecular formula is C20H17N5O. The summed E-state index contributed by atoms with van der Waals surface area (Å²) >= 11 is 0. The highest BCUT2D eigenvalue weighted by Gasteiger charge is 2.11. The van der Waals surface area contributed by atoms with Gasteiger partial charge in [0, 0.05) is 30.5 Å². The molecule has 1 amide bonds. The molecule has 1 aromatic carbocycles. The number of carbonyl (C=O) groups is 1. The molecule has 4 aromatic rings. The number of rotatable bonds is 4. The van der Waals surface area contributed by atoms with E-state index in [0.29, 0.717) is 12.1 Å². The zero-order valence-electron chi connectivity index (χ0n) is 14.3. The van der Waals surface area contributed by atoms with Crippen molar-refractivity contribution in [2.24, 2.45) is 0 Å². The van der Waals surface area contributed by atoms with Gasteiger partial charge in [-0.25, -0.2) is 9.97 Å². The number of nitrogens with one attached hydrogen (secondary N) is 1. The van der Waals surface area contributed by atoms with Crippen molar-refractivity contribution in [3.05, 3.63) is 84.2 Å². The second-order valence-corrected chi connectivity index (χ2v) is 5.99. The van der Waals surface area contributed by atoms with Crippen LogP contribution in [0.25, 0.3) is 16.7 Å². The van der Waals surface area contributed by atoms with E-state index in [9.17, 15) is 4.79 Å². The fourth-order valence-corrected chi connectivity index (χ4v) is 2.83. The zero-order chi connectivity index (χ0) is 17.9. The maximum atomic E-state index is 12.6. The summed E-state index contributed by atoms with van der Waals surface area (Å²) < 4.78 is 1.82. The van der Waals surface area contributed by atoms with E-state index in [-0.39, 0.29) is 5.91 Å². The van der Waals surface area contributed by atoms with Crippen LogP contribution >= 0.6 is 0 Å². The lowest BCUT2D eigenvalue weighted by Gasteiger charge is -2.10. The Balaban J connectivity index is 1.52. The lowest BCUT2D eigenvalue weighted by molar-refractivity contribution is 0.0950. The summed E-state index contributed by atoms with van der Waals surface area (Å²) in [6, 6.07) is 13.5. The second-order valence-electron chi connectivity index (χ2n) is 5.99. The minimum absolute atomic E-state index is 0.137. The first-order valence-electron chi connectivity index (χ1n) is 8.28. The third-order valence-corrected chi connectivity index (χ3v) is 4.19. The molecule has 0 atom stereocenters. The highest BCUT2D eigenvalue weighted by molar-refractivity contribution is 5.98. The van der Waals surface area contributed by atoms with Crippen molar-refractivity contribution in [1.29, 1.82) is 0 Å². The number of pyridine rings is 2. The average Bonchev–Trinajstić information content (AvgIpc) is 3.20. The molecule has 0 aliphatic heterocycles. The summed E-state index contributed by atoms with van der Waals surface area (Å²) in [4.78, 5) is 25.5. The summed E-state index contributed by atoms with van der Waals surface area (Å²) in [7, 11) is 0. The average molecular weight is 343 g/mol. The van der Waals surface area contributed by atoms with Gasteiger partial charge in [-0.15, -0.1) is 0 Å². The number of fused-ring (bicyclic) bond motifs is 1. The molecule has 6 nitrogen and oxygen atoms in total. The van der Waals surface area contributed by atoms with Gasteiger partial charge in [-0.1, -0.05) is 18.2 Å². The van der Waals surface area contributed by atoms with E-state index in [0.717, 1.165) is 28.0 Å². The molecule has 1 N–H and O–H groups in total. The van der Waals surface area contributed by atoms with Crippen LogP contribution in [0.5, 0.6) is 0 Å². The summed E-state index contributed by atoms with van der Waals surface area (Å²) in [6.07, 6.45) is 6.94. The highest BCUT2D eigenvalue weighted by Crippen LogP contribution is 2.16. The molecule has 0 spiro atoms. The van der Waals surface area contributed by atoms with Gasteiger partial charge < -0.3 is 5.32 Å². The molecule has 0 radical (unpaired) electrons. The number of hydrogen-bond acceptors (Lipinski definition) is 4. The predicted molar refractivity (Wildman–Crippen MR) is 99.0 cm³/mol. The van der Waals surface area contributed by atoms with Crippen LogP contribution in [-0.2, 0) is 6.54 Å². The topological polar surface area (TPSA) is 72.7 Å². The van der Waals surface area contributed by atoms with Crippen LogP contribution in [0.3, 0.4) is 0 Å². The third-order valence-electron chi connectivity index (χ3n) is 4.19. The van der Waals surface area contributed by atoms with Crippen molar-refractivity contribution in [1.82, 2.24) is 24.8 Å². The van der Waals surface area contributed by atoms with Crippen LogP contribution in [-0.4, -0.2) is 25.4 Å². The monoisotopic (exact) mass is 343 g/mol. The van der Waals surface area contributed by atoms with E-state index in [1.165, 1.54) is 0 Å². The van der Waals surface area contributed by atoms with Crippen LogP contribution in [0.2, 0.25) is 0 Å². The Hall–Kier alpha value is -3.54. The number of aryl methyl sites for hydroxylation is 1. The summed E-state index contributed by atoms with van der Waals surface area (Å²) in [6.45, 7) is 2.26. The van der Waals surface area contributed by atoms with Crippen molar-refractivity contribution in [2.45, 2.75) is 13.5 Å². The first-order chi connectivity index (χ1) is 12.7. The Morgan fingerprint density at radius 3 is 2.88 bits per heavy atom. The van der Waals surface area contributed by atoms with Gasteiger partial charge in [0.05, 0.1) is 16.8 Å². The van der Waals surface area contributed by atoms with Gasteiger partial charge in [-0.2, -0.15) is 0 Å². The Kier molecular flexibility index (Phi) is 4.15. The number of aromatic nitrogens is 4. The first-order valence-corrected chi connectivity index (χ1v) is 8.28. The maximum absolute atomic E-state index is 12.6. The maximum Gasteiger partial charge on any atom is 0.253 e. The number of imidazole rings is 1. The molecule has 4 rings (SSSR count). The summed E-state index contributed by atoms with van der Waals surface area (Å²) in [5, 5.41) is 3.91. The van der Waals surface area contributed by atoms with Gasteiger partial charge in [-0.05, 0) is 36.8 Å². The van der Waals surface area contributed by atoms with Gasteiger partial charge in [0.2, 0.25) is 0 Å². The van der Waals surface area contributed by atoms with Crippen molar-refractivity contribution in [3.63, 3.8) is 0 Å². The number of amides is 1. The van der Waals surface area contributed by atoms with Crippen LogP contribution in [0.1, 0.15) is 21.6 Å². The molecule has 0 aliphatic rings. The van der Waals surface area contributed by atoms with Crippen molar-refractivity contribution in [2.75, 3.05) is 0 Å². The number of para-hydroxylation sites is 1. The lowest BCUT2D eigenvalue weighted by atomic mass is 10.1. The van der Waals surface area contributed by atoms with Crippen molar-refractivity contribution < 1.29 is 4.79 Å². The smallest absolute Gasteiger partial charge is 0.253 e. The van der Waals surface area contributed by atoms with Gasteiger partial charge in [0.15, 0.2) is 0 Å². The SMILES string of the molecule is Cc1nc2ccccc2cc1C(=O)NCc1ccnc(-n2ccnc2)c1. The summed E-state index contributed by atoms with van der Waals surface area (Å²) in [5.41, 5.74) is 3.16. The standard InChI is InChI=1S/C20H17N5O/c1-14-17(11-16-4-2-3-5-18(16)24-14)20(26)23-12-15-6-7-22-19(10-15)25-9-8-21-13-25/h2-11,13H,12H2,1H3,(H,23,26). The normalized spacial score (nSPS) is 10.8. The van der Waals surface area contributed by atoms with E-state index in [4.69, 9.17) is 0 Å². The molecule has 0 unspecified atom stereocenters. The number of benzene rings is 1. The van der Waals surface area contributed by atoms with Crippen LogP contribution in [0.4, 0.5) is 0 Å². The molecule has 0 aliphatic carbocycles. The Labute approximate surface area is 150 Å². The number of nitrogens with zero attached hydrogens (tertiary/aromatic N) is 4. The molecule has 6 heteroatoms. The van der Waals surface area contributed by atoms with E-state index in [1.54, 1.807) is 18.7 Å². The van der Waals surface area contributed by atoms with Gasteiger partial charge in [-0.3, -0.25) is 14.3 Å². The Bertz CT molecular complexity index is 1070. The number of hydrogen-bond donors (Lipinski definition) is 1. The fraction of sp³-hybridized carbons (Fsp3) is 0.100. The molecule has 0 fully saturated rings. The molecule has 3 aromatic heterocycles. The molecule has 3 heterocycles. The molecule has 0 saturated carbocycles. The molecule has 128 valence electrons. The van der Waals surface area contributed by atoms with Crippen molar-refractivity contribution >= 4 is 16.8 Å². The van der Waals surface area contributed by atoms with Crippen molar-refractivity contribution in [3.8, 4) is 5.82 Å². The molecule has 0 saturated heterocycles. The molecule has 0 bridgehead atoms. The van der Waals surface area contributed by atoms with Gasteiger partial charge >= 0.3 is 0 Å². The minimum atomic E-state index is -0.137. The largest absolute Gasteiger partial charge is 0.348 e. The van der Waals surface area contributed by atoms with E-state index in [1.807, 2.05) is 60.2 Å². The van der Waals surface area contributed by atoms with Gasteiger partial charge in [0.1, 0.15) is 12.1 Å². The minimum Gasteiger partial charge on any atom is -0.348 e. The third kappa shape index (κ3) is 3.17. The van der Waals surface area contributed by atoms with Gasteiger partial charge in [0.25, 0.3) is 5.91 Å². The van der Waals surface area contributed by atoms with E-state index in [2.05, 4.69) is 20.3 Å². The Morgan fingerprint density at radius 1 is 1.15 bits per heavy atom. The molecular weight excluding hydrogens is 326 g/mol. The highest BCUT2D eigenvalue weighted by atomic mass is 16.1. The van der Waals surface area contributed by atoms with E-state index < -0.39 is 0 Å². The first kappa shape index (κ1) is 16.0. The summed E-state index contributed by atoms with van der Waals surface area (Å²) in [5.74, 6) is 0.625. The second kappa shape index (κ2) is 6.76. The predicted octanol–water partition coefficient (Wildman–Crippen LogP) is 3.05. The van der Waals surface area contributed by atoms with Crippen LogP contribution < -0.4 is 5.32 Å².